The van der Waals surface area contributed by atoms with Crippen molar-refractivity contribution in [3.8, 4) is 11.5 Å². The molecule has 0 fully saturated rings. The molecule has 0 aliphatic heterocycles. The summed E-state index contributed by atoms with van der Waals surface area (Å²) in [6, 6.07) is 4.45. The quantitative estimate of drug-likeness (QED) is 0.924. The number of hydrogen-bond acceptors (Lipinski definition) is 3. The van der Waals surface area contributed by atoms with Crippen molar-refractivity contribution in [2.45, 2.75) is 13.5 Å². The lowest BCUT2D eigenvalue weighted by Gasteiger charge is -2.06. The summed E-state index contributed by atoms with van der Waals surface area (Å²) in [4.78, 5) is 11.1. The molecule has 2 rings (SSSR count). The van der Waals surface area contributed by atoms with E-state index < -0.39 is 5.97 Å². The largest absolute Gasteiger partial charge is 0.478 e. The summed E-state index contributed by atoms with van der Waals surface area (Å²) in [6.07, 6.45) is 3.23. The van der Waals surface area contributed by atoms with Crippen molar-refractivity contribution in [1.82, 2.24) is 9.78 Å². The van der Waals surface area contributed by atoms with Crippen LogP contribution in [0.2, 0.25) is 5.02 Å². The Morgan fingerprint density at radius 3 is 2.94 bits per heavy atom. The fourth-order valence-electron chi connectivity index (χ4n) is 1.46. The smallest absolute Gasteiger partial charge is 0.339 e. The normalized spacial score (nSPS) is 10.3. The third-order valence-electron chi connectivity index (χ3n) is 2.33. The SMILES string of the molecule is CCn1cc(Oc2ccc(Cl)cc2C(=O)O)cn1. The number of hydrogen-bond donors (Lipinski definition) is 1. The summed E-state index contributed by atoms with van der Waals surface area (Å²) in [5.41, 5.74) is 0.0201. The Labute approximate surface area is 109 Å². The van der Waals surface area contributed by atoms with Crippen molar-refractivity contribution in [3.63, 3.8) is 0 Å². The van der Waals surface area contributed by atoms with Crippen LogP contribution in [0.25, 0.3) is 0 Å². The molecule has 1 N–H and O–H groups in total. The molecule has 0 aliphatic carbocycles. The van der Waals surface area contributed by atoms with Crippen molar-refractivity contribution >= 4 is 17.6 Å². The zero-order valence-electron chi connectivity index (χ0n) is 9.63. The van der Waals surface area contributed by atoms with Crippen LogP contribution in [0.1, 0.15) is 17.3 Å². The Morgan fingerprint density at radius 1 is 1.56 bits per heavy atom. The van der Waals surface area contributed by atoms with E-state index in [-0.39, 0.29) is 11.3 Å². The molecule has 0 radical (unpaired) electrons. The zero-order chi connectivity index (χ0) is 13.1. The number of nitrogens with zero attached hydrogens (tertiary/aromatic N) is 2. The highest BCUT2D eigenvalue weighted by atomic mass is 35.5. The molecule has 18 heavy (non-hydrogen) atoms. The maximum atomic E-state index is 11.1. The van der Waals surface area contributed by atoms with E-state index in [4.69, 9.17) is 21.4 Å². The van der Waals surface area contributed by atoms with Crippen LogP contribution < -0.4 is 4.74 Å². The van der Waals surface area contributed by atoms with Crippen molar-refractivity contribution in [2.75, 3.05) is 0 Å². The Kier molecular flexibility index (Phi) is 3.53. The predicted octanol–water partition coefficient (Wildman–Crippen LogP) is 3.05. The third-order valence-corrected chi connectivity index (χ3v) is 2.57. The molecule has 2 aromatic rings. The maximum absolute atomic E-state index is 11.1. The van der Waals surface area contributed by atoms with E-state index >= 15 is 0 Å². The molecule has 0 unspecified atom stereocenters. The average molecular weight is 267 g/mol. The highest BCUT2D eigenvalue weighted by Crippen LogP contribution is 2.27. The second-order valence-corrected chi connectivity index (χ2v) is 4.02. The molecular weight excluding hydrogens is 256 g/mol. The van der Waals surface area contributed by atoms with Gasteiger partial charge in [0.25, 0.3) is 0 Å². The summed E-state index contributed by atoms with van der Waals surface area (Å²) in [5.74, 6) is -0.361. The first-order chi connectivity index (χ1) is 8.60. The van der Waals surface area contributed by atoms with Gasteiger partial charge in [0, 0.05) is 11.6 Å². The van der Waals surface area contributed by atoms with Crippen LogP contribution in [0.3, 0.4) is 0 Å². The summed E-state index contributed by atoms with van der Waals surface area (Å²) >= 11 is 5.76. The minimum atomic E-state index is -1.09. The van der Waals surface area contributed by atoms with Crippen LogP contribution in [-0.2, 0) is 6.54 Å². The standard InChI is InChI=1S/C12H11ClN2O3/c1-2-15-7-9(6-14-15)18-11-4-3-8(13)5-10(11)12(16)17/h3-7H,2H2,1H3,(H,16,17). The zero-order valence-corrected chi connectivity index (χ0v) is 10.4. The summed E-state index contributed by atoms with van der Waals surface area (Å²) in [5, 5.41) is 13.5. The van der Waals surface area contributed by atoms with Gasteiger partial charge in [-0.05, 0) is 25.1 Å². The lowest BCUT2D eigenvalue weighted by Crippen LogP contribution is -1.99. The van der Waals surface area contributed by atoms with Gasteiger partial charge >= 0.3 is 5.97 Å². The number of rotatable bonds is 4. The summed E-state index contributed by atoms with van der Waals surface area (Å²) in [6.45, 7) is 2.66. The first-order valence-electron chi connectivity index (χ1n) is 5.33. The molecule has 0 amide bonds. The molecule has 1 heterocycles. The monoisotopic (exact) mass is 266 g/mol. The number of benzene rings is 1. The van der Waals surface area contributed by atoms with E-state index in [1.807, 2.05) is 6.92 Å². The molecule has 0 saturated carbocycles. The van der Waals surface area contributed by atoms with E-state index in [1.54, 1.807) is 16.9 Å². The van der Waals surface area contributed by atoms with Gasteiger partial charge in [-0.15, -0.1) is 0 Å². The molecule has 0 spiro atoms. The summed E-state index contributed by atoms with van der Waals surface area (Å²) in [7, 11) is 0. The predicted molar refractivity (Wildman–Crippen MR) is 66.4 cm³/mol. The number of carbonyl (C=O) groups is 1. The molecule has 0 saturated heterocycles. The fourth-order valence-corrected chi connectivity index (χ4v) is 1.63. The van der Waals surface area contributed by atoms with Crippen molar-refractivity contribution in [1.29, 1.82) is 0 Å². The van der Waals surface area contributed by atoms with E-state index in [1.165, 1.54) is 18.3 Å². The van der Waals surface area contributed by atoms with Crippen LogP contribution in [0.4, 0.5) is 0 Å². The number of aromatic carboxylic acids is 1. The lowest BCUT2D eigenvalue weighted by molar-refractivity contribution is 0.0694. The van der Waals surface area contributed by atoms with Gasteiger partial charge in [-0.1, -0.05) is 11.6 Å². The average Bonchev–Trinajstić information content (AvgIpc) is 2.79. The molecule has 6 heteroatoms. The molecule has 0 aliphatic rings. The number of halogens is 1. The lowest BCUT2D eigenvalue weighted by atomic mass is 10.2. The number of ether oxygens (including phenoxy) is 1. The van der Waals surface area contributed by atoms with Crippen molar-refractivity contribution < 1.29 is 14.6 Å². The topological polar surface area (TPSA) is 64.3 Å². The minimum absolute atomic E-state index is 0.0201. The second kappa shape index (κ2) is 5.10. The van der Waals surface area contributed by atoms with E-state index in [2.05, 4.69) is 5.10 Å². The van der Waals surface area contributed by atoms with E-state index in [0.717, 1.165) is 6.54 Å². The third kappa shape index (κ3) is 2.62. The van der Waals surface area contributed by atoms with Gasteiger partial charge in [0.15, 0.2) is 5.75 Å². The van der Waals surface area contributed by atoms with Crippen molar-refractivity contribution in [2.24, 2.45) is 0 Å². The van der Waals surface area contributed by atoms with Gasteiger partial charge in [-0.3, -0.25) is 4.68 Å². The molecule has 1 aromatic heterocycles. The summed E-state index contributed by atoms with van der Waals surface area (Å²) < 4.78 is 7.17. The van der Waals surface area contributed by atoms with Crippen LogP contribution in [-0.4, -0.2) is 20.9 Å². The van der Waals surface area contributed by atoms with Crippen LogP contribution in [0.5, 0.6) is 11.5 Å². The van der Waals surface area contributed by atoms with Crippen LogP contribution in [0, 0.1) is 0 Å². The number of aromatic nitrogens is 2. The fraction of sp³-hybridized carbons (Fsp3) is 0.167. The van der Waals surface area contributed by atoms with E-state index in [9.17, 15) is 4.79 Å². The molecule has 94 valence electrons. The first-order valence-corrected chi connectivity index (χ1v) is 5.71. The van der Waals surface area contributed by atoms with Gasteiger partial charge in [-0.25, -0.2) is 4.79 Å². The van der Waals surface area contributed by atoms with Gasteiger partial charge in [0.2, 0.25) is 0 Å². The molecule has 0 atom stereocenters. The van der Waals surface area contributed by atoms with Gasteiger partial charge < -0.3 is 9.84 Å². The van der Waals surface area contributed by atoms with Crippen LogP contribution in [0.15, 0.2) is 30.6 Å². The first kappa shape index (κ1) is 12.4. The van der Waals surface area contributed by atoms with Crippen LogP contribution >= 0.6 is 11.6 Å². The number of carboxylic acid groups (broad SMARTS) is 1. The second-order valence-electron chi connectivity index (χ2n) is 3.58. The minimum Gasteiger partial charge on any atom is -0.478 e. The van der Waals surface area contributed by atoms with Gasteiger partial charge in [0.1, 0.15) is 11.3 Å². The Hall–Kier alpha value is -2.01. The highest BCUT2D eigenvalue weighted by molar-refractivity contribution is 6.31. The number of aryl methyl sites for hydroxylation is 1. The van der Waals surface area contributed by atoms with E-state index in [0.29, 0.717) is 10.8 Å². The Bertz CT molecular complexity index is 580. The molecule has 1 aromatic carbocycles. The number of carboxylic acids is 1. The molecule has 0 bridgehead atoms. The molecule has 5 nitrogen and oxygen atoms in total. The molecular formula is C12H11ClN2O3. The highest BCUT2D eigenvalue weighted by Gasteiger charge is 2.13. The van der Waals surface area contributed by atoms with Crippen molar-refractivity contribution in [3.05, 3.63) is 41.2 Å². The Balaban J connectivity index is 2.30. The maximum Gasteiger partial charge on any atom is 0.339 e. The Morgan fingerprint density at radius 2 is 2.33 bits per heavy atom. The van der Waals surface area contributed by atoms with Gasteiger partial charge in [0.05, 0.1) is 12.4 Å². The van der Waals surface area contributed by atoms with Gasteiger partial charge in [-0.2, -0.15) is 5.10 Å².